The molecule has 28 heavy (non-hydrogen) atoms. The third kappa shape index (κ3) is 3.06. The largest absolute Gasteiger partial charge is 0.391 e. The Kier molecular flexibility index (Phi) is 4.51. The first kappa shape index (κ1) is 17.9. The lowest BCUT2D eigenvalue weighted by atomic mass is 9.98. The first-order valence-electron chi connectivity index (χ1n) is 10.1. The van der Waals surface area contributed by atoms with Gasteiger partial charge in [0.25, 0.3) is 0 Å². The Morgan fingerprint density at radius 3 is 2.93 bits per heavy atom. The van der Waals surface area contributed by atoms with Crippen LogP contribution in [0.4, 0.5) is 14.7 Å². The molecule has 0 spiro atoms. The minimum Gasteiger partial charge on any atom is -0.391 e. The summed E-state index contributed by atoms with van der Waals surface area (Å²) in [7, 11) is 0. The smallest absolute Gasteiger partial charge is 0.225 e. The molecule has 148 valence electrons. The Hall–Kier alpha value is -2.12. The number of anilines is 1. The lowest BCUT2D eigenvalue weighted by molar-refractivity contribution is 0.153. The molecular weight excluding hydrogens is 362 g/mol. The third-order valence-corrected chi connectivity index (χ3v) is 6.38. The minimum atomic E-state index is -0.793. The van der Waals surface area contributed by atoms with Gasteiger partial charge in [-0.1, -0.05) is 12.1 Å². The average molecular weight is 386 g/mol. The Balaban J connectivity index is 1.40. The zero-order chi connectivity index (χ0) is 19.3. The van der Waals surface area contributed by atoms with Crippen molar-refractivity contribution in [3.63, 3.8) is 0 Å². The summed E-state index contributed by atoms with van der Waals surface area (Å²) in [5.41, 5.74) is 2.57. The van der Waals surface area contributed by atoms with Crippen molar-refractivity contribution in [3.8, 4) is 0 Å². The van der Waals surface area contributed by atoms with E-state index >= 15 is 0 Å². The van der Waals surface area contributed by atoms with Crippen molar-refractivity contribution in [2.45, 2.75) is 56.8 Å². The van der Waals surface area contributed by atoms with Crippen molar-refractivity contribution < 1.29 is 13.9 Å². The van der Waals surface area contributed by atoms with Crippen molar-refractivity contribution >= 4 is 5.95 Å². The normalized spacial score (nSPS) is 27.1. The van der Waals surface area contributed by atoms with E-state index in [0.29, 0.717) is 24.6 Å². The van der Waals surface area contributed by atoms with Gasteiger partial charge in [0, 0.05) is 55.5 Å². The molecule has 0 unspecified atom stereocenters. The monoisotopic (exact) mass is 386 g/mol. The van der Waals surface area contributed by atoms with E-state index in [4.69, 9.17) is 4.98 Å². The summed E-state index contributed by atoms with van der Waals surface area (Å²) in [4.78, 5) is 13.7. The van der Waals surface area contributed by atoms with Gasteiger partial charge in [0.2, 0.25) is 5.95 Å². The van der Waals surface area contributed by atoms with E-state index in [1.807, 2.05) is 6.20 Å². The van der Waals surface area contributed by atoms with Crippen LogP contribution < -0.4 is 4.90 Å². The number of nitrogens with zero attached hydrogens (tertiary/aromatic N) is 4. The number of rotatable bonds is 3. The van der Waals surface area contributed by atoms with E-state index in [1.54, 1.807) is 12.1 Å². The predicted molar refractivity (Wildman–Crippen MR) is 101 cm³/mol. The zero-order valence-electron chi connectivity index (χ0n) is 15.7. The molecule has 2 saturated heterocycles. The highest BCUT2D eigenvalue weighted by Crippen LogP contribution is 2.44. The number of hydrogen-bond acceptors (Lipinski definition) is 5. The summed E-state index contributed by atoms with van der Waals surface area (Å²) in [6, 6.07) is 4.82. The summed E-state index contributed by atoms with van der Waals surface area (Å²) >= 11 is 0. The summed E-state index contributed by atoms with van der Waals surface area (Å²) in [5.74, 6) is -0.844. The van der Waals surface area contributed by atoms with Gasteiger partial charge in [-0.3, -0.25) is 4.90 Å². The maximum Gasteiger partial charge on any atom is 0.225 e. The lowest BCUT2D eigenvalue weighted by Crippen LogP contribution is -2.41. The quantitative estimate of drug-likeness (QED) is 0.879. The van der Waals surface area contributed by atoms with E-state index in [1.165, 1.54) is 0 Å². The summed E-state index contributed by atoms with van der Waals surface area (Å²) in [5, 5.41) is 9.93. The van der Waals surface area contributed by atoms with Gasteiger partial charge >= 0.3 is 0 Å². The Labute approximate surface area is 163 Å². The van der Waals surface area contributed by atoms with Gasteiger partial charge in [-0.15, -0.1) is 0 Å². The molecule has 0 saturated carbocycles. The fourth-order valence-electron chi connectivity index (χ4n) is 4.97. The van der Waals surface area contributed by atoms with E-state index in [-0.39, 0.29) is 18.2 Å². The second-order valence-electron chi connectivity index (χ2n) is 8.15. The molecule has 0 radical (unpaired) electrons. The Morgan fingerprint density at radius 1 is 1.18 bits per heavy atom. The first-order chi connectivity index (χ1) is 13.6. The molecule has 3 atom stereocenters. The molecule has 0 amide bonds. The number of fused-ring (bicyclic) bond motifs is 4. The van der Waals surface area contributed by atoms with Gasteiger partial charge in [0.1, 0.15) is 0 Å². The molecule has 3 aliphatic rings. The van der Waals surface area contributed by atoms with Crippen molar-refractivity contribution in [2.75, 3.05) is 18.0 Å². The van der Waals surface area contributed by atoms with Gasteiger partial charge in [-0.25, -0.2) is 18.7 Å². The minimum absolute atomic E-state index is 0.150. The van der Waals surface area contributed by atoms with E-state index in [2.05, 4.69) is 14.8 Å². The number of aromatic nitrogens is 2. The van der Waals surface area contributed by atoms with Crippen LogP contribution in [0.5, 0.6) is 0 Å². The number of benzene rings is 1. The van der Waals surface area contributed by atoms with Gasteiger partial charge in [0.15, 0.2) is 11.6 Å². The maximum atomic E-state index is 14.2. The van der Waals surface area contributed by atoms with Crippen LogP contribution in [0, 0.1) is 11.6 Å². The number of aliphatic hydroxyl groups excluding tert-OH is 1. The highest BCUT2D eigenvalue weighted by Gasteiger charge is 2.41. The first-order valence-corrected chi connectivity index (χ1v) is 10.1. The summed E-state index contributed by atoms with van der Waals surface area (Å²) in [6.07, 6.45) is 6.17. The molecule has 7 heteroatoms. The van der Waals surface area contributed by atoms with Crippen molar-refractivity contribution in [3.05, 3.63) is 52.9 Å². The number of hydrogen-bond donors (Lipinski definition) is 1. The number of piperidine rings is 1. The molecule has 2 fully saturated rings. The molecule has 2 aromatic rings. The molecule has 2 bridgehead atoms. The van der Waals surface area contributed by atoms with Crippen LogP contribution in [0.1, 0.15) is 48.5 Å². The molecule has 4 heterocycles. The van der Waals surface area contributed by atoms with Gasteiger partial charge in [-0.05, 0) is 31.7 Å². The number of β-amino-alcohol motifs (C(OH)–C–C–N with tert-alkyl or cyclic N) is 1. The molecule has 5 rings (SSSR count). The fourth-order valence-corrected chi connectivity index (χ4v) is 4.97. The van der Waals surface area contributed by atoms with Gasteiger partial charge in [0.05, 0.1) is 11.8 Å². The van der Waals surface area contributed by atoms with E-state index in [0.717, 1.165) is 56.0 Å². The predicted octanol–water partition coefficient (Wildman–Crippen LogP) is 2.98. The molecule has 3 aliphatic heterocycles. The number of halogens is 2. The highest BCUT2D eigenvalue weighted by molar-refractivity contribution is 5.38. The molecule has 1 N–H and O–H groups in total. The van der Waals surface area contributed by atoms with Crippen molar-refractivity contribution in [2.24, 2.45) is 0 Å². The van der Waals surface area contributed by atoms with Crippen molar-refractivity contribution in [1.29, 1.82) is 0 Å². The van der Waals surface area contributed by atoms with Crippen LogP contribution in [0.3, 0.4) is 0 Å². The SMILES string of the molecule is O[C@@H]1CCCN(c2ncc3c(n2)C[C@H]2CC[C@H]3N2Cc2cccc(F)c2F)C1. The Morgan fingerprint density at radius 2 is 2.07 bits per heavy atom. The maximum absolute atomic E-state index is 14.2. The Bertz CT molecular complexity index is 893. The second-order valence-corrected chi connectivity index (χ2v) is 8.15. The van der Waals surface area contributed by atoms with Gasteiger partial charge in [-0.2, -0.15) is 0 Å². The summed E-state index contributed by atoms with van der Waals surface area (Å²) in [6.45, 7) is 1.85. The average Bonchev–Trinajstić information content (AvgIpc) is 2.97. The second kappa shape index (κ2) is 7.04. The topological polar surface area (TPSA) is 52.5 Å². The van der Waals surface area contributed by atoms with E-state index in [9.17, 15) is 13.9 Å². The molecule has 1 aromatic heterocycles. The molecular formula is C21H24F2N4O. The zero-order valence-corrected chi connectivity index (χ0v) is 15.7. The van der Waals surface area contributed by atoms with Crippen LogP contribution >= 0.6 is 0 Å². The van der Waals surface area contributed by atoms with Gasteiger partial charge < -0.3 is 10.0 Å². The van der Waals surface area contributed by atoms with Crippen molar-refractivity contribution in [1.82, 2.24) is 14.9 Å². The van der Waals surface area contributed by atoms with Crippen LogP contribution in [-0.2, 0) is 13.0 Å². The molecule has 1 aromatic carbocycles. The van der Waals surface area contributed by atoms with Crippen LogP contribution in [-0.4, -0.2) is 45.2 Å². The molecule has 0 aliphatic carbocycles. The van der Waals surface area contributed by atoms with E-state index < -0.39 is 11.6 Å². The fraction of sp³-hybridized carbons (Fsp3) is 0.524. The lowest BCUT2D eigenvalue weighted by Gasteiger charge is -2.36. The van der Waals surface area contributed by atoms with Crippen LogP contribution in [0.2, 0.25) is 0 Å². The number of aliphatic hydroxyl groups is 1. The third-order valence-electron chi connectivity index (χ3n) is 6.38. The highest BCUT2D eigenvalue weighted by atomic mass is 19.2. The summed E-state index contributed by atoms with van der Waals surface area (Å²) < 4.78 is 27.8. The van der Waals surface area contributed by atoms with Crippen LogP contribution in [0.25, 0.3) is 0 Å². The molecule has 5 nitrogen and oxygen atoms in total. The van der Waals surface area contributed by atoms with Crippen LogP contribution in [0.15, 0.2) is 24.4 Å². The standard InChI is InChI=1S/C21H24F2N4O/c22-17-5-1-3-13(20(17)23)11-27-14-6-7-19(27)16-10-24-21(25-18(16)9-14)26-8-2-4-15(28)12-26/h1,3,5,10,14-15,19,28H,2,4,6-9,11-12H2/t14-,15-,19-/m1/s1.